The molecule has 0 spiro atoms. The van der Waals surface area contributed by atoms with Crippen molar-refractivity contribution in [3.63, 3.8) is 0 Å². The van der Waals surface area contributed by atoms with E-state index in [1.807, 2.05) is 39.0 Å². The van der Waals surface area contributed by atoms with Gasteiger partial charge in [0.1, 0.15) is 21.9 Å². The van der Waals surface area contributed by atoms with Crippen LogP contribution in [0.15, 0.2) is 30.6 Å². The second-order valence-electron chi connectivity index (χ2n) is 6.59. The zero-order chi connectivity index (χ0) is 18.7. The molecule has 0 unspecified atom stereocenters. The Bertz CT molecular complexity index is 934. The number of carbonyl (C=O) groups is 1. The van der Waals surface area contributed by atoms with Gasteiger partial charge in [-0.15, -0.1) is 11.3 Å². The third kappa shape index (κ3) is 3.70. The molecule has 0 fully saturated rings. The molecule has 136 valence electrons. The van der Waals surface area contributed by atoms with Crippen LogP contribution in [0.5, 0.6) is 0 Å². The van der Waals surface area contributed by atoms with E-state index in [2.05, 4.69) is 28.3 Å². The summed E-state index contributed by atoms with van der Waals surface area (Å²) in [7, 11) is 0. The van der Waals surface area contributed by atoms with Crippen LogP contribution in [0.1, 0.15) is 41.6 Å². The number of para-hydroxylation sites is 1. The zero-order valence-electron chi connectivity index (χ0n) is 15.5. The van der Waals surface area contributed by atoms with Gasteiger partial charge >= 0.3 is 5.97 Å². The third-order valence-electron chi connectivity index (χ3n) is 4.11. The molecule has 0 saturated carbocycles. The fraction of sp³-hybridized carbons (Fsp3) is 0.350. The van der Waals surface area contributed by atoms with Crippen LogP contribution in [0.2, 0.25) is 0 Å². The fourth-order valence-corrected chi connectivity index (χ4v) is 3.79. The number of nitrogens with zero attached hydrogens (tertiary/aromatic N) is 2. The molecule has 1 N–H and O–H groups in total. The summed E-state index contributed by atoms with van der Waals surface area (Å²) in [5.74, 6) is 0.725. The van der Waals surface area contributed by atoms with Gasteiger partial charge in [-0.1, -0.05) is 39.0 Å². The van der Waals surface area contributed by atoms with Crippen molar-refractivity contribution in [2.45, 2.75) is 34.1 Å². The Morgan fingerprint density at radius 2 is 2.04 bits per heavy atom. The van der Waals surface area contributed by atoms with Gasteiger partial charge in [0.25, 0.3) is 0 Å². The van der Waals surface area contributed by atoms with Crippen molar-refractivity contribution in [2.75, 3.05) is 11.9 Å². The van der Waals surface area contributed by atoms with Crippen LogP contribution in [0.3, 0.4) is 0 Å². The molecule has 1 aromatic carbocycles. The monoisotopic (exact) mass is 369 g/mol. The van der Waals surface area contributed by atoms with Crippen molar-refractivity contribution in [3.05, 3.63) is 46.6 Å². The van der Waals surface area contributed by atoms with E-state index in [-0.39, 0.29) is 5.97 Å². The predicted molar refractivity (Wildman–Crippen MR) is 106 cm³/mol. The Balaban J connectivity index is 1.99. The SMILES string of the molecule is CCc1ccccc1Nc1ncnc2sc(C(=O)OCC(C)C)c(C)c12. The molecular weight excluding hydrogens is 346 g/mol. The standard InChI is InChI=1S/C20H23N3O2S/c1-5-14-8-6-7-9-15(14)23-18-16-13(4)17(20(24)25-10-12(2)3)26-19(16)22-11-21-18/h6-9,11-12H,5,10H2,1-4H3,(H,21,22,23). The summed E-state index contributed by atoms with van der Waals surface area (Å²) in [6.07, 6.45) is 2.45. The fourth-order valence-electron chi connectivity index (χ4n) is 2.75. The smallest absolute Gasteiger partial charge is 0.348 e. The van der Waals surface area contributed by atoms with E-state index in [1.165, 1.54) is 23.2 Å². The van der Waals surface area contributed by atoms with Crippen LogP contribution in [0, 0.1) is 12.8 Å². The van der Waals surface area contributed by atoms with E-state index >= 15 is 0 Å². The third-order valence-corrected chi connectivity index (χ3v) is 5.29. The van der Waals surface area contributed by atoms with Gasteiger partial charge in [0.05, 0.1) is 12.0 Å². The number of hydrogen-bond donors (Lipinski definition) is 1. The van der Waals surface area contributed by atoms with Crippen molar-refractivity contribution in [3.8, 4) is 0 Å². The minimum absolute atomic E-state index is 0.292. The van der Waals surface area contributed by atoms with Crippen molar-refractivity contribution >= 4 is 39.0 Å². The molecule has 0 bridgehead atoms. The first kappa shape index (κ1) is 18.3. The van der Waals surface area contributed by atoms with E-state index < -0.39 is 0 Å². The first-order valence-electron chi connectivity index (χ1n) is 8.77. The normalized spacial score (nSPS) is 11.1. The number of thiophene rings is 1. The van der Waals surface area contributed by atoms with Crippen LogP contribution in [-0.2, 0) is 11.2 Å². The first-order chi connectivity index (χ1) is 12.5. The molecule has 0 aliphatic heterocycles. The van der Waals surface area contributed by atoms with E-state index in [1.54, 1.807) is 0 Å². The summed E-state index contributed by atoms with van der Waals surface area (Å²) in [5, 5.41) is 4.29. The predicted octanol–water partition coefficient (Wildman–Crippen LogP) is 5.12. The molecule has 26 heavy (non-hydrogen) atoms. The van der Waals surface area contributed by atoms with E-state index in [4.69, 9.17) is 4.74 Å². The average Bonchev–Trinajstić information content (AvgIpc) is 2.98. The average molecular weight is 369 g/mol. The Labute approximate surface area is 157 Å². The molecular formula is C20H23N3O2S. The minimum Gasteiger partial charge on any atom is -0.461 e. The summed E-state index contributed by atoms with van der Waals surface area (Å²) < 4.78 is 5.40. The molecule has 2 aromatic heterocycles. The Hall–Kier alpha value is -2.47. The molecule has 3 rings (SSSR count). The van der Waals surface area contributed by atoms with Crippen LogP contribution < -0.4 is 5.32 Å². The van der Waals surface area contributed by atoms with Crippen molar-refractivity contribution in [1.82, 2.24) is 9.97 Å². The highest BCUT2D eigenvalue weighted by atomic mass is 32.1. The maximum atomic E-state index is 12.4. The molecule has 3 aromatic rings. The van der Waals surface area contributed by atoms with Gasteiger partial charge < -0.3 is 10.1 Å². The molecule has 0 atom stereocenters. The van der Waals surface area contributed by atoms with Gasteiger partial charge in [-0.3, -0.25) is 0 Å². The van der Waals surface area contributed by atoms with Crippen LogP contribution in [0.4, 0.5) is 11.5 Å². The highest BCUT2D eigenvalue weighted by Crippen LogP contribution is 2.35. The second kappa shape index (κ2) is 7.83. The lowest BCUT2D eigenvalue weighted by Crippen LogP contribution is -2.09. The van der Waals surface area contributed by atoms with E-state index in [0.29, 0.717) is 23.2 Å². The Morgan fingerprint density at radius 1 is 1.27 bits per heavy atom. The number of nitrogens with one attached hydrogen (secondary N) is 1. The molecule has 2 heterocycles. The highest BCUT2D eigenvalue weighted by molar-refractivity contribution is 7.20. The number of esters is 1. The Morgan fingerprint density at radius 3 is 2.77 bits per heavy atom. The number of anilines is 2. The van der Waals surface area contributed by atoms with Crippen molar-refractivity contribution in [1.29, 1.82) is 0 Å². The summed E-state index contributed by atoms with van der Waals surface area (Å²) in [5.41, 5.74) is 3.09. The summed E-state index contributed by atoms with van der Waals surface area (Å²) >= 11 is 1.35. The van der Waals surface area contributed by atoms with Gasteiger partial charge in [-0.25, -0.2) is 14.8 Å². The first-order valence-corrected chi connectivity index (χ1v) is 9.59. The summed E-state index contributed by atoms with van der Waals surface area (Å²) in [6, 6.07) is 8.15. The topological polar surface area (TPSA) is 64.1 Å². The quantitative estimate of drug-likeness (QED) is 0.611. The Kier molecular flexibility index (Phi) is 5.52. The molecule has 5 nitrogen and oxygen atoms in total. The van der Waals surface area contributed by atoms with Crippen LogP contribution in [-0.4, -0.2) is 22.5 Å². The number of rotatable bonds is 6. The number of hydrogen-bond acceptors (Lipinski definition) is 6. The molecule has 0 aliphatic carbocycles. The van der Waals surface area contributed by atoms with Crippen molar-refractivity contribution < 1.29 is 9.53 Å². The number of aryl methyl sites for hydroxylation is 2. The van der Waals surface area contributed by atoms with Gasteiger partial charge in [0.2, 0.25) is 0 Å². The van der Waals surface area contributed by atoms with Crippen LogP contribution >= 0.6 is 11.3 Å². The second-order valence-corrected chi connectivity index (χ2v) is 7.59. The largest absolute Gasteiger partial charge is 0.461 e. The van der Waals surface area contributed by atoms with Gasteiger partial charge in [-0.05, 0) is 36.5 Å². The maximum Gasteiger partial charge on any atom is 0.348 e. The lowest BCUT2D eigenvalue weighted by Gasteiger charge is -2.11. The lowest BCUT2D eigenvalue weighted by atomic mass is 10.1. The zero-order valence-corrected chi connectivity index (χ0v) is 16.3. The minimum atomic E-state index is -0.292. The van der Waals surface area contributed by atoms with E-state index in [0.717, 1.165) is 27.9 Å². The maximum absolute atomic E-state index is 12.4. The van der Waals surface area contributed by atoms with Crippen molar-refractivity contribution in [2.24, 2.45) is 5.92 Å². The number of aromatic nitrogens is 2. The van der Waals surface area contributed by atoms with E-state index in [9.17, 15) is 4.79 Å². The molecule has 0 saturated heterocycles. The summed E-state index contributed by atoms with van der Waals surface area (Å²) in [6.45, 7) is 8.49. The molecule has 0 radical (unpaired) electrons. The molecule has 0 aliphatic rings. The van der Waals surface area contributed by atoms with Gasteiger partial charge in [0.15, 0.2) is 0 Å². The number of fused-ring (bicyclic) bond motifs is 1. The van der Waals surface area contributed by atoms with Crippen LogP contribution in [0.25, 0.3) is 10.2 Å². The summed E-state index contributed by atoms with van der Waals surface area (Å²) in [4.78, 5) is 22.6. The number of benzene rings is 1. The highest BCUT2D eigenvalue weighted by Gasteiger charge is 2.21. The number of ether oxygens (including phenoxy) is 1. The van der Waals surface area contributed by atoms with Gasteiger partial charge in [-0.2, -0.15) is 0 Å². The lowest BCUT2D eigenvalue weighted by molar-refractivity contribution is 0.0464. The molecule has 6 heteroatoms. The van der Waals surface area contributed by atoms with Gasteiger partial charge in [0, 0.05) is 5.69 Å². The molecule has 0 amide bonds. The number of carbonyl (C=O) groups excluding carboxylic acids is 1.